The molecule has 41 heavy (non-hydrogen) atoms. The number of benzene rings is 2. The summed E-state index contributed by atoms with van der Waals surface area (Å²) in [6, 6.07) is 5.92. The highest BCUT2D eigenvalue weighted by Gasteiger charge is 2.45. The maximum Gasteiger partial charge on any atom is 0.264 e. The van der Waals surface area contributed by atoms with Crippen molar-refractivity contribution in [1.82, 2.24) is 15.2 Å². The summed E-state index contributed by atoms with van der Waals surface area (Å²) in [5, 5.41) is 5.10. The maximum atomic E-state index is 16.1. The van der Waals surface area contributed by atoms with Gasteiger partial charge in [0.1, 0.15) is 11.9 Å². The smallest absolute Gasteiger partial charge is 0.264 e. The number of hydrogen-bond donors (Lipinski definition) is 2. The predicted molar refractivity (Wildman–Crippen MR) is 140 cm³/mol. The molecule has 4 heterocycles. The SMILES string of the molecule is Cc1cc(-c2c(Nc3cccc4c3C(=O)N([C@H]3CCC(=O)NC3=O)C4=O)cc3c(c2F)OCC(=O)N3C)c(F)cn1. The second kappa shape index (κ2) is 9.47. The molecule has 3 aliphatic rings. The van der Waals surface area contributed by atoms with Crippen molar-refractivity contribution in [3.05, 3.63) is 65.0 Å². The van der Waals surface area contributed by atoms with Crippen LogP contribution in [0, 0.1) is 18.6 Å². The summed E-state index contributed by atoms with van der Waals surface area (Å²) in [5.41, 5.74) is 0.0338. The van der Waals surface area contributed by atoms with Gasteiger partial charge in [0.2, 0.25) is 11.8 Å². The van der Waals surface area contributed by atoms with E-state index >= 15 is 8.78 Å². The number of likely N-dealkylation sites (N-methyl/N-ethyl adjacent to an activating group) is 1. The first-order chi connectivity index (χ1) is 19.6. The summed E-state index contributed by atoms with van der Waals surface area (Å²) >= 11 is 0. The zero-order chi connectivity index (χ0) is 29.2. The van der Waals surface area contributed by atoms with Gasteiger partial charge in [-0.2, -0.15) is 0 Å². The average molecular weight is 562 g/mol. The molecule has 5 amide bonds. The summed E-state index contributed by atoms with van der Waals surface area (Å²) in [6.07, 6.45) is 0.877. The third kappa shape index (κ3) is 4.08. The number of amides is 5. The Morgan fingerprint density at radius 3 is 2.56 bits per heavy atom. The Balaban J connectivity index is 1.49. The Kier molecular flexibility index (Phi) is 6.01. The van der Waals surface area contributed by atoms with E-state index in [1.54, 1.807) is 6.92 Å². The van der Waals surface area contributed by atoms with Gasteiger partial charge in [-0.3, -0.25) is 39.2 Å². The first kappa shape index (κ1) is 26.0. The Bertz CT molecular complexity index is 1720. The summed E-state index contributed by atoms with van der Waals surface area (Å²) in [7, 11) is 1.43. The highest BCUT2D eigenvalue weighted by atomic mass is 19.1. The van der Waals surface area contributed by atoms with Gasteiger partial charge in [0.05, 0.1) is 34.4 Å². The van der Waals surface area contributed by atoms with Gasteiger partial charge < -0.3 is 15.0 Å². The number of carbonyl (C=O) groups is 5. The van der Waals surface area contributed by atoms with Crippen LogP contribution in [0.1, 0.15) is 39.3 Å². The molecule has 0 saturated carbocycles. The van der Waals surface area contributed by atoms with Gasteiger partial charge >= 0.3 is 0 Å². The van der Waals surface area contributed by atoms with E-state index in [9.17, 15) is 24.0 Å². The molecule has 1 atom stereocenters. The molecule has 13 heteroatoms. The standard InChI is InChI=1S/C28H21F2N5O6/c1-12-8-14(15(29)10-31-12)22-17(9-19-25(24(22)30)41-11-21(37)34(19)2)32-16-5-3-4-13-23(16)28(40)35(27(13)39)18-6-7-20(36)33-26(18)38/h3-5,8-10,18,32H,6-7,11H2,1-2H3,(H,33,36,38)/t18-/m0/s1. The summed E-state index contributed by atoms with van der Waals surface area (Å²) < 4.78 is 36.5. The molecule has 1 saturated heterocycles. The minimum Gasteiger partial charge on any atom is -0.478 e. The monoisotopic (exact) mass is 561 g/mol. The van der Waals surface area contributed by atoms with Crippen molar-refractivity contribution in [1.29, 1.82) is 0 Å². The molecule has 2 aromatic carbocycles. The Morgan fingerprint density at radius 2 is 1.80 bits per heavy atom. The largest absolute Gasteiger partial charge is 0.478 e. The highest BCUT2D eigenvalue weighted by molar-refractivity contribution is 6.25. The lowest BCUT2D eigenvalue weighted by Crippen LogP contribution is -2.54. The fourth-order valence-electron chi connectivity index (χ4n) is 5.23. The fourth-order valence-corrected chi connectivity index (χ4v) is 5.23. The first-order valence-corrected chi connectivity index (χ1v) is 12.6. The number of piperidine rings is 1. The third-order valence-electron chi connectivity index (χ3n) is 7.28. The van der Waals surface area contributed by atoms with Crippen LogP contribution in [-0.2, 0) is 14.4 Å². The second-order valence-electron chi connectivity index (χ2n) is 9.81. The van der Waals surface area contributed by atoms with Crippen LogP contribution < -0.4 is 20.3 Å². The lowest BCUT2D eigenvalue weighted by molar-refractivity contribution is -0.136. The molecule has 0 aliphatic carbocycles. The number of anilines is 3. The molecule has 2 N–H and O–H groups in total. The van der Waals surface area contributed by atoms with E-state index in [0.29, 0.717) is 5.69 Å². The molecule has 0 unspecified atom stereocenters. The number of nitrogens with zero attached hydrogens (tertiary/aromatic N) is 3. The topological polar surface area (TPSA) is 138 Å². The number of hydrogen-bond acceptors (Lipinski definition) is 8. The average Bonchev–Trinajstić information content (AvgIpc) is 3.19. The second-order valence-corrected chi connectivity index (χ2v) is 9.81. The number of halogens is 2. The van der Waals surface area contributed by atoms with Crippen LogP contribution in [0.3, 0.4) is 0 Å². The van der Waals surface area contributed by atoms with E-state index in [2.05, 4.69) is 15.6 Å². The quantitative estimate of drug-likeness (QED) is 0.464. The molecule has 0 bridgehead atoms. The number of rotatable bonds is 4. The molecule has 1 fully saturated rings. The molecule has 0 radical (unpaired) electrons. The van der Waals surface area contributed by atoms with E-state index in [4.69, 9.17) is 4.74 Å². The molecule has 3 aromatic rings. The van der Waals surface area contributed by atoms with Crippen LogP contribution in [-0.4, -0.2) is 59.1 Å². The molecule has 0 spiro atoms. The zero-order valence-electron chi connectivity index (χ0n) is 21.7. The van der Waals surface area contributed by atoms with E-state index in [1.807, 2.05) is 0 Å². The minimum absolute atomic E-state index is 0.00810. The molecule has 1 aromatic heterocycles. The van der Waals surface area contributed by atoms with Crippen LogP contribution >= 0.6 is 0 Å². The van der Waals surface area contributed by atoms with Gasteiger partial charge in [0.15, 0.2) is 18.2 Å². The normalized spacial score (nSPS) is 18.2. The van der Waals surface area contributed by atoms with E-state index in [1.165, 1.54) is 42.3 Å². The number of pyridine rings is 1. The molecule has 11 nitrogen and oxygen atoms in total. The maximum absolute atomic E-state index is 16.1. The number of fused-ring (bicyclic) bond motifs is 2. The predicted octanol–water partition coefficient (Wildman–Crippen LogP) is 2.84. The van der Waals surface area contributed by atoms with Crippen molar-refractivity contribution in [2.24, 2.45) is 0 Å². The molecular formula is C28H21F2N5O6. The van der Waals surface area contributed by atoms with Gasteiger partial charge in [0, 0.05) is 30.3 Å². The van der Waals surface area contributed by atoms with Crippen LogP contribution in [0.25, 0.3) is 11.1 Å². The Morgan fingerprint density at radius 1 is 1.02 bits per heavy atom. The van der Waals surface area contributed by atoms with E-state index in [0.717, 1.165) is 11.1 Å². The van der Waals surface area contributed by atoms with Crippen LogP contribution in [0.2, 0.25) is 0 Å². The molecule has 6 rings (SSSR count). The third-order valence-corrected chi connectivity index (χ3v) is 7.28. The molecule has 208 valence electrons. The van der Waals surface area contributed by atoms with Gasteiger partial charge in [-0.15, -0.1) is 0 Å². The lowest BCUT2D eigenvalue weighted by atomic mass is 9.99. The van der Waals surface area contributed by atoms with Gasteiger partial charge in [-0.25, -0.2) is 8.78 Å². The summed E-state index contributed by atoms with van der Waals surface area (Å²) in [5.74, 6) is -5.25. The Labute approximate surface area is 231 Å². The van der Waals surface area contributed by atoms with E-state index in [-0.39, 0.29) is 57.9 Å². The van der Waals surface area contributed by atoms with Gasteiger partial charge in [-0.05, 0) is 37.6 Å². The number of nitrogens with one attached hydrogen (secondary N) is 2. The van der Waals surface area contributed by atoms with Crippen LogP contribution in [0.15, 0.2) is 36.5 Å². The number of aromatic nitrogens is 1. The summed E-state index contributed by atoms with van der Waals surface area (Å²) in [6.45, 7) is 1.19. The van der Waals surface area contributed by atoms with Crippen LogP contribution in [0.5, 0.6) is 5.75 Å². The van der Waals surface area contributed by atoms with Crippen molar-refractivity contribution in [3.63, 3.8) is 0 Å². The number of imide groups is 2. The zero-order valence-corrected chi connectivity index (χ0v) is 21.7. The van der Waals surface area contributed by atoms with Crippen molar-refractivity contribution < 1.29 is 37.5 Å². The van der Waals surface area contributed by atoms with E-state index < -0.39 is 53.8 Å². The summed E-state index contributed by atoms with van der Waals surface area (Å²) in [4.78, 5) is 69.1. The highest BCUT2D eigenvalue weighted by Crippen LogP contribution is 2.46. The van der Waals surface area contributed by atoms with Gasteiger partial charge in [-0.1, -0.05) is 6.07 Å². The van der Waals surface area contributed by atoms with Crippen molar-refractivity contribution in [2.75, 3.05) is 23.9 Å². The number of carbonyl (C=O) groups excluding carboxylic acids is 5. The van der Waals surface area contributed by atoms with Crippen molar-refractivity contribution in [2.45, 2.75) is 25.8 Å². The van der Waals surface area contributed by atoms with Crippen molar-refractivity contribution in [3.8, 4) is 16.9 Å². The van der Waals surface area contributed by atoms with Gasteiger partial charge in [0.25, 0.3) is 17.7 Å². The van der Waals surface area contributed by atoms with Crippen LogP contribution in [0.4, 0.5) is 25.8 Å². The first-order valence-electron chi connectivity index (χ1n) is 12.6. The number of aryl methyl sites for hydroxylation is 1. The lowest BCUT2D eigenvalue weighted by Gasteiger charge is -2.29. The number of ether oxygens (including phenoxy) is 1. The van der Waals surface area contributed by atoms with Crippen molar-refractivity contribution >= 4 is 46.6 Å². The minimum atomic E-state index is -1.18. The molecule has 3 aliphatic heterocycles. The fraction of sp³-hybridized carbons (Fsp3) is 0.214. The Hall–Kier alpha value is -5.20. The molecular weight excluding hydrogens is 540 g/mol.